The second-order valence-electron chi connectivity index (χ2n) is 5.25. The van der Waals surface area contributed by atoms with E-state index in [0.717, 1.165) is 22.6 Å². The van der Waals surface area contributed by atoms with E-state index >= 15 is 0 Å². The van der Waals surface area contributed by atoms with Crippen LogP contribution in [-0.2, 0) is 11.3 Å². The Morgan fingerprint density at radius 2 is 2.13 bits per heavy atom. The van der Waals surface area contributed by atoms with Crippen molar-refractivity contribution in [2.75, 3.05) is 5.75 Å². The van der Waals surface area contributed by atoms with Gasteiger partial charge in [0.1, 0.15) is 5.82 Å². The minimum atomic E-state index is -0.0725. The highest BCUT2D eigenvalue weighted by Gasteiger charge is 2.07. The minimum absolute atomic E-state index is 0.0725. The summed E-state index contributed by atoms with van der Waals surface area (Å²) in [6.45, 7) is 4.31. The highest BCUT2D eigenvalue weighted by molar-refractivity contribution is 7.99. The standard InChI is InChI=1S/C16H17N5OS/c1-10-3-4-12-13(7-10)21-14(20-12)8-18-15(22)9-23-16-17-6-5-11(2)19-16/h3-7H,8-9H2,1-2H3,(H,18,22)(H,20,21). The third-order valence-corrected chi connectivity index (χ3v) is 4.11. The fourth-order valence-corrected chi connectivity index (χ4v) is 2.83. The largest absolute Gasteiger partial charge is 0.348 e. The van der Waals surface area contributed by atoms with Crippen molar-refractivity contribution in [1.29, 1.82) is 0 Å². The molecule has 0 saturated heterocycles. The Morgan fingerprint density at radius 3 is 2.96 bits per heavy atom. The number of carbonyl (C=O) groups excluding carboxylic acids is 1. The monoisotopic (exact) mass is 327 g/mol. The van der Waals surface area contributed by atoms with Gasteiger partial charge in [-0.25, -0.2) is 15.0 Å². The number of benzene rings is 1. The van der Waals surface area contributed by atoms with Crippen LogP contribution in [0.2, 0.25) is 0 Å². The molecule has 0 fully saturated rings. The summed E-state index contributed by atoms with van der Waals surface area (Å²) in [6, 6.07) is 7.85. The highest BCUT2D eigenvalue weighted by Crippen LogP contribution is 2.14. The number of hydrogen-bond acceptors (Lipinski definition) is 5. The molecule has 2 heterocycles. The first-order valence-corrected chi connectivity index (χ1v) is 8.23. The lowest BCUT2D eigenvalue weighted by Gasteiger charge is -2.03. The van der Waals surface area contributed by atoms with Gasteiger partial charge in [-0.3, -0.25) is 4.79 Å². The van der Waals surface area contributed by atoms with Crippen molar-refractivity contribution >= 4 is 28.7 Å². The van der Waals surface area contributed by atoms with Crippen LogP contribution in [-0.4, -0.2) is 31.6 Å². The van der Waals surface area contributed by atoms with E-state index < -0.39 is 0 Å². The predicted octanol–water partition coefficient (Wildman–Crippen LogP) is 2.38. The zero-order valence-electron chi connectivity index (χ0n) is 13.0. The second kappa shape index (κ2) is 6.78. The number of imidazole rings is 1. The highest BCUT2D eigenvalue weighted by atomic mass is 32.2. The molecule has 2 aromatic heterocycles. The zero-order valence-corrected chi connectivity index (χ0v) is 13.8. The quantitative estimate of drug-likeness (QED) is 0.555. The van der Waals surface area contributed by atoms with Gasteiger partial charge in [0.25, 0.3) is 0 Å². The molecule has 0 aliphatic carbocycles. The van der Waals surface area contributed by atoms with Crippen LogP contribution in [0, 0.1) is 13.8 Å². The first-order valence-electron chi connectivity index (χ1n) is 7.24. The molecule has 23 heavy (non-hydrogen) atoms. The zero-order chi connectivity index (χ0) is 16.2. The Balaban J connectivity index is 1.53. The summed E-state index contributed by atoms with van der Waals surface area (Å²) < 4.78 is 0. The number of hydrogen-bond donors (Lipinski definition) is 2. The van der Waals surface area contributed by atoms with Gasteiger partial charge in [-0.2, -0.15) is 0 Å². The van der Waals surface area contributed by atoms with Crippen molar-refractivity contribution < 1.29 is 4.79 Å². The summed E-state index contributed by atoms with van der Waals surface area (Å²) in [5, 5.41) is 3.46. The lowest BCUT2D eigenvalue weighted by atomic mass is 10.2. The van der Waals surface area contributed by atoms with Crippen molar-refractivity contribution in [3.05, 3.63) is 47.5 Å². The van der Waals surface area contributed by atoms with Crippen LogP contribution in [0.25, 0.3) is 11.0 Å². The number of thioether (sulfide) groups is 1. The third kappa shape index (κ3) is 4.07. The number of nitrogens with one attached hydrogen (secondary N) is 2. The molecule has 0 saturated carbocycles. The van der Waals surface area contributed by atoms with E-state index in [4.69, 9.17) is 0 Å². The molecule has 1 amide bonds. The van der Waals surface area contributed by atoms with Crippen molar-refractivity contribution in [3.8, 4) is 0 Å². The van der Waals surface area contributed by atoms with Crippen LogP contribution >= 0.6 is 11.8 Å². The fraction of sp³-hybridized carbons (Fsp3) is 0.250. The molecule has 1 aromatic carbocycles. The van der Waals surface area contributed by atoms with E-state index in [9.17, 15) is 4.79 Å². The summed E-state index contributed by atoms with van der Waals surface area (Å²) in [6.07, 6.45) is 1.69. The van der Waals surface area contributed by atoms with Gasteiger partial charge >= 0.3 is 0 Å². The van der Waals surface area contributed by atoms with Crippen LogP contribution in [0.3, 0.4) is 0 Å². The summed E-state index contributed by atoms with van der Waals surface area (Å²) in [7, 11) is 0. The number of aromatic amines is 1. The minimum Gasteiger partial charge on any atom is -0.348 e. The average molecular weight is 327 g/mol. The Hall–Kier alpha value is -2.41. The Bertz CT molecular complexity index is 845. The molecule has 0 aliphatic rings. The molecule has 2 N–H and O–H groups in total. The number of nitrogens with zero attached hydrogens (tertiary/aromatic N) is 3. The van der Waals surface area contributed by atoms with E-state index in [1.54, 1.807) is 6.20 Å². The molecule has 0 atom stereocenters. The fourth-order valence-electron chi connectivity index (χ4n) is 2.12. The molecular formula is C16H17N5OS. The number of aryl methyl sites for hydroxylation is 2. The number of rotatable bonds is 5. The van der Waals surface area contributed by atoms with Crippen LogP contribution in [0.5, 0.6) is 0 Å². The summed E-state index contributed by atoms with van der Waals surface area (Å²) in [4.78, 5) is 28.0. The van der Waals surface area contributed by atoms with Gasteiger partial charge in [0.2, 0.25) is 5.91 Å². The molecule has 0 bridgehead atoms. The topological polar surface area (TPSA) is 83.6 Å². The van der Waals surface area contributed by atoms with Gasteiger partial charge in [0.15, 0.2) is 5.16 Å². The predicted molar refractivity (Wildman–Crippen MR) is 90.2 cm³/mol. The molecule has 0 radical (unpaired) electrons. The van der Waals surface area contributed by atoms with Gasteiger partial charge < -0.3 is 10.3 Å². The van der Waals surface area contributed by atoms with Gasteiger partial charge in [-0.05, 0) is 37.6 Å². The van der Waals surface area contributed by atoms with Gasteiger partial charge in [0, 0.05) is 11.9 Å². The maximum atomic E-state index is 11.9. The van der Waals surface area contributed by atoms with Crippen molar-refractivity contribution in [2.24, 2.45) is 0 Å². The third-order valence-electron chi connectivity index (χ3n) is 3.24. The first-order chi connectivity index (χ1) is 11.1. The average Bonchev–Trinajstić information content (AvgIpc) is 2.93. The lowest BCUT2D eigenvalue weighted by Crippen LogP contribution is -2.25. The molecule has 6 nitrogen and oxygen atoms in total. The summed E-state index contributed by atoms with van der Waals surface area (Å²) in [5.74, 6) is 0.954. The molecule has 0 spiro atoms. The van der Waals surface area contributed by atoms with Crippen molar-refractivity contribution in [1.82, 2.24) is 25.3 Å². The van der Waals surface area contributed by atoms with Crippen LogP contribution in [0.1, 0.15) is 17.1 Å². The summed E-state index contributed by atoms with van der Waals surface area (Å²) >= 11 is 1.32. The number of carbonyl (C=O) groups is 1. The van der Waals surface area contributed by atoms with Crippen LogP contribution < -0.4 is 5.32 Å². The SMILES string of the molecule is Cc1ccc2nc(CNC(=O)CSc3nccc(C)n3)[nH]c2c1. The maximum absolute atomic E-state index is 11.9. The number of amides is 1. The van der Waals surface area contributed by atoms with E-state index in [0.29, 0.717) is 11.7 Å². The van der Waals surface area contributed by atoms with Gasteiger partial charge in [-0.1, -0.05) is 17.8 Å². The Kier molecular flexibility index (Phi) is 4.57. The van der Waals surface area contributed by atoms with E-state index in [2.05, 4.69) is 25.3 Å². The molecule has 0 unspecified atom stereocenters. The van der Waals surface area contributed by atoms with E-state index in [-0.39, 0.29) is 11.7 Å². The number of aromatic nitrogens is 4. The molecule has 3 rings (SSSR count). The normalized spacial score (nSPS) is 10.9. The van der Waals surface area contributed by atoms with Crippen LogP contribution in [0.15, 0.2) is 35.6 Å². The molecule has 118 valence electrons. The van der Waals surface area contributed by atoms with Gasteiger partial charge in [0.05, 0.1) is 23.3 Å². The maximum Gasteiger partial charge on any atom is 0.230 e. The molecule has 3 aromatic rings. The Morgan fingerprint density at radius 1 is 1.26 bits per heavy atom. The first kappa shape index (κ1) is 15.5. The van der Waals surface area contributed by atoms with Crippen molar-refractivity contribution in [2.45, 2.75) is 25.5 Å². The number of fused-ring (bicyclic) bond motifs is 1. The number of H-pyrrole nitrogens is 1. The van der Waals surface area contributed by atoms with Gasteiger partial charge in [-0.15, -0.1) is 0 Å². The lowest BCUT2D eigenvalue weighted by molar-refractivity contribution is -0.118. The van der Waals surface area contributed by atoms with Crippen LogP contribution in [0.4, 0.5) is 0 Å². The second-order valence-corrected chi connectivity index (χ2v) is 6.19. The van der Waals surface area contributed by atoms with E-state index in [1.807, 2.05) is 38.1 Å². The molecular weight excluding hydrogens is 310 g/mol. The molecule has 0 aliphatic heterocycles. The van der Waals surface area contributed by atoms with E-state index in [1.165, 1.54) is 17.3 Å². The smallest absolute Gasteiger partial charge is 0.230 e. The van der Waals surface area contributed by atoms with Crippen molar-refractivity contribution in [3.63, 3.8) is 0 Å². The summed E-state index contributed by atoms with van der Waals surface area (Å²) in [5.41, 5.74) is 3.95. The molecule has 7 heteroatoms. The Labute approximate surface area is 138 Å².